The molecule has 0 saturated heterocycles. The number of anilines is 3. The average Bonchev–Trinajstić information content (AvgIpc) is 2.70. The van der Waals surface area contributed by atoms with E-state index in [9.17, 15) is 5.11 Å². The Labute approximate surface area is 158 Å². The van der Waals surface area contributed by atoms with Crippen LogP contribution in [-0.4, -0.2) is 5.11 Å². The SMILES string of the molecule is Nc1ccc(-c2cccc(O)c2)cc1Nc1cccc(-c2ccccc2)c1. The molecule has 4 aromatic carbocycles. The quantitative estimate of drug-likeness (QED) is 0.392. The normalized spacial score (nSPS) is 10.5. The Morgan fingerprint density at radius 3 is 2.04 bits per heavy atom. The van der Waals surface area contributed by atoms with Gasteiger partial charge in [0.25, 0.3) is 0 Å². The molecule has 4 rings (SSSR count). The number of benzene rings is 4. The van der Waals surface area contributed by atoms with Gasteiger partial charge in [-0.1, -0.05) is 60.7 Å². The maximum atomic E-state index is 9.73. The third-order valence-electron chi connectivity index (χ3n) is 4.48. The molecule has 0 heterocycles. The van der Waals surface area contributed by atoms with Crippen LogP contribution < -0.4 is 11.1 Å². The fourth-order valence-electron chi connectivity index (χ4n) is 3.09. The maximum Gasteiger partial charge on any atom is 0.116 e. The summed E-state index contributed by atoms with van der Waals surface area (Å²) in [6.07, 6.45) is 0. The van der Waals surface area contributed by atoms with Crippen molar-refractivity contribution in [2.45, 2.75) is 0 Å². The van der Waals surface area contributed by atoms with Crippen molar-refractivity contribution >= 4 is 17.1 Å². The number of nitrogens with one attached hydrogen (secondary N) is 1. The van der Waals surface area contributed by atoms with Crippen LogP contribution in [0.25, 0.3) is 22.3 Å². The first-order valence-electron chi connectivity index (χ1n) is 8.80. The number of nitrogens with two attached hydrogens (primary N) is 1. The summed E-state index contributed by atoms with van der Waals surface area (Å²) in [7, 11) is 0. The van der Waals surface area contributed by atoms with Gasteiger partial charge in [0, 0.05) is 5.69 Å². The van der Waals surface area contributed by atoms with E-state index in [1.807, 2.05) is 60.7 Å². The summed E-state index contributed by atoms with van der Waals surface area (Å²) < 4.78 is 0. The third kappa shape index (κ3) is 3.77. The summed E-state index contributed by atoms with van der Waals surface area (Å²) in [6, 6.07) is 31.5. The summed E-state index contributed by atoms with van der Waals surface area (Å²) in [6.45, 7) is 0. The van der Waals surface area contributed by atoms with E-state index in [0.717, 1.165) is 28.1 Å². The van der Waals surface area contributed by atoms with Crippen LogP contribution in [0.5, 0.6) is 5.75 Å². The van der Waals surface area contributed by atoms with Crippen LogP contribution in [-0.2, 0) is 0 Å². The Morgan fingerprint density at radius 2 is 1.26 bits per heavy atom. The van der Waals surface area contributed by atoms with Gasteiger partial charge in [-0.15, -0.1) is 0 Å². The number of phenolic OH excluding ortho intramolecular Hbond substituents is 1. The Hall–Kier alpha value is -3.72. The molecule has 0 amide bonds. The van der Waals surface area contributed by atoms with E-state index in [1.165, 1.54) is 5.56 Å². The molecular formula is C24H20N2O. The van der Waals surface area contributed by atoms with Gasteiger partial charge in [0.05, 0.1) is 11.4 Å². The van der Waals surface area contributed by atoms with Crippen molar-refractivity contribution in [3.05, 3.63) is 97.1 Å². The lowest BCUT2D eigenvalue weighted by Crippen LogP contribution is -1.97. The predicted octanol–water partition coefficient (Wildman–Crippen LogP) is 6.05. The molecule has 0 spiro atoms. The number of hydrogen-bond acceptors (Lipinski definition) is 3. The first kappa shape index (κ1) is 16.7. The number of nitrogen functional groups attached to an aromatic ring is 1. The molecule has 4 N–H and O–H groups in total. The minimum atomic E-state index is 0.245. The summed E-state index contributed by atoms with van der Waals surface area (Å²) in [5.41, 5.74) is 12.9. The highest BCUT2D eigenvalue weighted by atomic mass is 16.3. The van der Waals surface area contributed by atoms with Crippen LogP contribution >= 0.6 is 0 Å². The van der Waals surface area contributed by atoms with Gasteiger partial charge in [-0.25, -0.2) is 0 Å². The van der Waals surface area contributed by atoms with Crippen molar-refractivity contribution in [2.24, 2.45) is 0 Å². The first-order chi connectivity index (χ1) is 13.2. The van der Waals surface area contributed by atoms with Gasteiger partial charge >= 0.3 is 0 Å². The summed E-state index contributed by atoms with van der Waals surface area (Å²) in [4.78, 5) is 0. The van der Waals surface area contributed by atoms with Crippen LogP contribution in [0.1, 0.15) is 0 Å². The second-order valence-electron chi connectivity index (χ2n) is 6.42. The van der Waals surface area contributed by atoms with Crippen LogP contribution in [0.15, 0.2) is 97.1 Å². The average molecular weight is 352 g/mol. The zero-order valence-corrected chi connectivity index (χ0v) is 14.8. The van der Waals surface area contributed by atoms with Gasteiger partial charge in [-0.3, -0.25) is 0 Å². The van der Waals surface area contributed by atoms with Crippen LogP contribution in [0.4, 0.5) is 17.1 Å². The number of hydrogen-bond donors (Lipinski definition) is 3. The van der Waals surface area contributed by atoms with Crippen molar-refractivity contribution in [1.29, 1.82) is 0 Å². The van der Waals surface area contributed by atoms with Crippen LogP contribution in [0, 0.1) is 0 Å². The van der Waals surface area contributed by atoms with Crippen LogP contribution in [0.3, 0.4) is 0 Å². The third-order valence-corrected chi connectivity index (χ3v) is 4.48. The smallest absolute Gasteiger partial charge is 0.116 e. The number of phenols is 1. The molecule has 0 saturated carbocycles. The van der Waals surface area contributed by atoms with Gasteiger partial charge in [0.2, 0.25) is 0 Å². The van der Waals surface area contributed by atoms with Crippen molar-refractivity contribution < 1.29 is 5.11 Å². The maximum absolute atomic E-state index is 9.73. The molecule has 0 aliphatic heterocycles. The summed E-state index contributed by atoms with van der Waals surface area (Å²) in [5.74, 6) is 0.245. The van der Waals surface area contributed by atoms with Gasteiger partial charge in [-0.05, 0) is 58.7 Å². The Bertz CT molecular complexity index is 1070. The molecule has 0 aliphatic rings. The number of aromatic hydroxyl groups is 1. The minimum Gasteiger partial charge on any atom is -0.508 e. The molecule has 132 valence electrons. The van der Waals surface area contributed by atoms with Gasteiger partial charge < -0.3 is 16.2 Å². The standard InChI is InChI=1S/C24H20N2O/c25-23-13-12-20(19-9-5-11-22(27)15-19)16-24(23)26-21-10-4-8-18(14-21)17-6-2-1-3-7-17/h1-16,26-27H,25H2. The fraction of sp³-hybridized carbons (Fsp3) is 0. The Morgan fingerprint density at radius 1 is 0.593 bits per heavy atom. The highest BCUT2D eigenvalue weighted by Crippen LogP contribution is 2.32. The zero-order chi connectivity index (χ0) is 18.6. The highest BCUT2D eigenvalue weighted by Gasteiger charge is 2.06. The van der Waals surface area contributed by atoms with Crippen molar-refractivity contribution in [2.75, 3.05) is 11.1 Å². The van der Waals surface area contributed by atoms with Crippen molar-refractivity contribution in [3.8, 4) is 28.0 Å². The van der Waals surface area contributed by atoms with E-state index in [2.05, 4.69) is 29.6 Å². The molecule has 4 aromatic rings. The molecule has 0 aliphatic carbocycles. The van der Waals surface area contributed by atoms with Gasteiger partial charge in [0.1, 0.15) is 5.75 Å². The van der Waals surface area contributed by atoms with E-state index in [1.54, 1.807) is 12.1 Å². The second kappa shape index (κ2) is 7.26. The lowest BCUT2D eigenvalue weighted by molar-refractivity contribution is 0.475. The Balaban J connectivity index is 1.66. The first-order valence-corrected chi connectivity index (χ1v) is 8.80. The van der Waals surface area contributed by atoms with E-state index < -0.39 is 0 Å². The zero-order valence-electron chi connectivity index (χ0n) is 14.8. The van der Waals surface area contributed by atoms with Gasteiger partial charge in [0.15, 0.2) is 0 Å². The molecule has 27 heavy (non-hydrogen) atoms. The topological polar surface area (TPSA) is 58.3 Å². The highest BCUT2D eigenvalue weighted by molar-refractivity contribution is 5.81. The van der Waals surface area contributed by atoms with E-state index in [0.29, 0.717) is 5.69 Å². The number of rotatable bonds is 4. The minimum absolute atomic E-state index is 0.245. The lowest BCUT2D eigenvalue weighted by Gasteiger charge is -2.13. The fourth-order valence-corrected chi connectivity index (χ4v) is 3.09. The van der Waals surface area contributed by atoms with Crippen LogP contribution in [0.2, 0.25) is 0 Å². The molecule has 3 heteroatoms. The summed E-state index contributed by atoms with van der Waals surface area (Å²) >= 11 is 0. The molecular weight excluding hydrogens is 332 g/mol. The van der Waals surface area contributed by atoms with Crippen molar-refractivity contribution in [3.63, 3.8) is 0 Å². The van der Waals surface area contributed by atoms with E-state index in [4.69, 9.17) is 5.73 Å². The van der Waals surface area contributed by atoms with E-state index >= 15 is 0 Å². The Kier molecular flexibility index (Phi) is 4.50. The molecule has 0 radical (unpaired) electrons. The summed E-state index contributed by atoms with van der Waals surface area (Å²) in [5, 5.41) is 13.2. The monoisotopic (exact) mass is 352 g/mol. The molecule has 0 bridgehead atoms. The molecule has 0 atom stereocenters. The molecule has 3 nitrogen and oxygen atoms in total. The molecule has 0 unspecified atom stereocenters. The van der Waals surface area contributed by atoms with E-state index in [-0.39, 0.29) is 5.75 Å². The second-order valence-corrected chi connectivity index (χ2v) is 6.42. The lowest BCUT2D eigenvalue weighted by atomic mass is 10.0. The van der Waals surface area contributed by atoms with Crippen molar-refractivity contribution in [1.82, 2.24) is 0 Å². The molecule has 0 aromatic heterocycles. The predicted molar refractivity (Wildman–Crippen MR) is 113 cm³/mol. The largest absolute Gasteiger partial charge is 0.508 e. The molecule has 0 fully saturated rings. The van der Waals surface area contributed by atoms with Gasteiger partial charge in [-0.2, -0.15) is 0 Å².